The van der Waals surface area contributed by atoms with E-state index in [0.29, 0.717) is 28.9 Å². The predicted molar refractivity (Wildman–Crippen MR) is 96.1 cm³/mol. The van der Waals surface area contributed by atoms with Crippen LogP contribution in [0.5, 0.6) is 0 Å². The molecule has 0 atom stereocenters. The molecule has 6 nitrogen and oxygen atoms in total. The maximum Gasteiger partial charge on any atom is 0.277 e. The van der Waals surface area contributed by atoms with E-state index in [1.165, 1.54) is 11.1 Å². The number of rotatable bonds is 5. The summed E-state index contributed by atoms with van der Waals surface area (Å²) in [4.78, 5) is 12.3. The van der Waals surface area contributed by atoms with Gasteiger partial charge in [-0.2, -0.15) is 10.2 Å². The summed E-state index contributed by atoms with van der Waals surface area (Å²) in [6.45, 7) is 5.40. The van der Waals surface area contributed by atoms with Gasteiger partial charge in [0.05, 0.1) is 22.9 Å². The predicted octanol–water partition coefficient (Wildman–Crippen LogP) is 3.47. The molecule has 1 N–H and O–H groups in total. The van der Waals surface area contributed by atoms with Gasteiger partial charge in [0.1, 0.15) is 0 Å². The number of carbonyl (C=O) groups is 1. The summed E-state index contributed by atoms with van der Waals surface area (Å²) in [6, 6.07) is 8.26. The zero-order valence-electron chi connectivity index (χ0n) is 13.5. The van der Waals surface area contributed by atoms with Crippen LogP contribution >= 0.6 is 15.9 Å². The van der Waals surface area contributed by atoms with E-state index in [-0.39, 0.29) is 5.91 Å². The SMILES string of the molecule is CCn1cc(Br)c(C(=O)Nc2cnn(Cc3cccc(C)c3)c2)n1. The van der Waals surface area contributed by atoms with Gasteiger partial charge in [-0.05, 0) is 35.3 Å². The summed E-state index contributed by atoms with van der Waals surface area (Å²) < 4.78 is 4.18. The molecule has 0 aliphatic heterocycles. The second-order valence-electron chi connectivity index (χ2n) is 5.55. The minimum Gasteiger partial charge on any atom is -0.318 e. The lowest BCUT2D eigenvalue weighted by atomic mass is 10.1. The lowest BCUT2D eigenvalue weighted by Crippen LogP contribution is -2.13. The number of aryl methyl sites for hydroxylation is 2. The van der Waals surface area contributed by atoms with Crippen LogP contribution in [0.25, 0.3) is 0 Å². The van der Waals surface area contributed by atoms with Crippen LogP contribution in [0.15, 0.2) is 47.3 Å². The standard InChI is InChI=1S/C17H18BrN5O/c1-3-22-11-15(18)16(21-22)17(24)20-14-8-19-23(10-14)9-13-6-4-5-12(2)7-13/h4-8,10-11H,3,9H2,1-2H3,(H,20,24). The molecule has 7 heteroatoms. The van der Waals surface area contributed by atoms with Crippen LogP contribution in [0.2, 0.25) is 0 Å². The molecule has 0 aliphatic carbocycles. The molecule has 0 fully saturated rings. The van der Waals surface area contributed by atoms with E-state index < -0.39 is 0 Å². The Morgan fingerprint density at radius 1 is 1.29 bits per heavy atom. The van der Waals surface area contributed by atoms with Crippen molar-refractivity contribution in [2.24, 2.45) is 0 Å². The molecule has 0 unspecified atom stereocenters. The van der Waals surface area contributed by atoms with Gasteiger partial charge in [-0.3, -0.25) is 14.2 Å². The molecule has 124 valence electrons. The van der Waals surface area contributed by atoms with Crippen molar-refractivity contribution in [1.29, 1.82) is 0 Å². The van der Waals surface area contributed by atoms with Gasteiger partial charge in [-0.25, -0.2) is 0 Å². The number of amides is 1. The van der Waals surface area contributed by atoms with Crippen LogP contribution in [0.4, 0.5) is 5.69 Å². The molecule has 0 bridgehead atoms. The fourth-order valence-electron chi connectivity index (χ4n) is 2.42. The Morgan fingerprint density at radius 2 is 2.12 bits per heavy atom. The van der Waals surface area contributed by atoms with Crippen molar-refractivity contribution in [2.75, 3.05) is 5.32 Å². The van der Waals surface area contributed by atoms with E-state index in [1.54, 1.807) is 21.8 Å². The zero-order chi connectivity index (χ0) is 17.1. The van der Waals surface area contributed by atoms with Gasteiger partial charge in [0.2, 0.25) is 0 Å². The van der Waals surface area contributed by atoms with Crippen LogP contribution in [0.1, 0.15) is 28.5 Å². The molecule has 0 radical (unpaired) electrons. The fraction of sp³-hybridized carbons (Fsp3) is 0.235. The van der Waals surface area contributed by atoms with Crippen LogP contribution < -0.4 is 5.32 Å². The highest BCUT2D eigenvalue weighted by molar-refractivity contribution is 9.10. The zero-order valence-corrected chi connectivity index (χ0v) is 15.1. The van der Waals surface area contributed by atoms with Gasteiger partial charge in [-0.1, -0.05) is 29.8 Å². The topological polar surface area (TPSA) is 64.7 Å². The molecule has 1 amide bonds. The Hall–Kier alpha value is -2.41. The number of benzene rings is 1. The van der Waals surface area contributed by atoms with Crippen LogP contribution in [-0.2, 0) is 13.1 Å². The molecule has 0 spiro atoms. The molecule has 3 rings (SSSR count). The molecule has 2 aromatic heterocycles. The minimum absolute atomic E-state index is 0.260. The lowest BCUT2D eigenvalue weighted by Gasteiger charge is -2.03. The molecular weight excluding hydrogens is 370 g/mol. The van der Waals surface area contributed by atoms with Crippen LogP contribution in [0, 0.1) is 6.92 Å². The van der Waals surface area contributed by atoms with Gasteiger partial charge in [-0.15, -0.1) is 0 Å². The van der Waals surface area contributed by atoms with Crippen LogP contribution in [0.3, 0.4) is 0 Å². The number of carbonyl (C=O) groups excluding carboxylic acids is 1. The highest BCUT2D eigenvalue weighted by Crippen LogP contribution is 2.17. The van der Waals surface area contributed by atoms with E-state index >= 15 is 0 Å². The monoisotopic (exact) mass is 387 g/mol. The first-order chi connectivity index (χ1) is 11.5. The third-order valence-electron chi connectivity index (χ3n) is 3.57. The summed E-state index contributed by atoms with van der Waals surface area (Å²) in [5, 5.41) is 11.4. The summed E-state index contributed by atoms with van der Waals surface area (Å²) in [6.07, 6.45) is 5.24. The smallest absolute Gasteiger partial charge is 0.277 e. The summed E-state index contributed by atoms with van der Waals surface area (Å²) >= 11 is 3.36. The molecule has 0 saturated heterocycles. The normalized spacial score (nSPS) is 10.8. The van der Waals surface area contributed by atoms with Crippen molar-refractivity contribution in [1.82, 2.24) is 19.6 Å². The second-order valence-corrected chi connectivity index (χ2v) is 6.41. The number of nitrogens with one attached hydrogen (secondary N) is 1. The maximum absolute atomic E-state index is 12.3. The van der Waals surface area contributed by atoms with Crippen molar-refractivity contribution >= 4 is 27.5 Å². The Morgan fingerprint density at radius 3 is 2.83 bits per heavy atom. The summed E-state index contributed by atoms with van der Waals surface area (Å²) in [7, 11) is 0. The molecular formula is C17H18BrN5O. The highest BCUT2D eigenvalue weighted by Gasteiger charge is 2.15. The van der Waals surface area contributed by atoms with Crippen molar-refractivity contribution in [2.45, 2.75) is 26.9 Å². The Kier molecular flexibility index (Phi) is 4.80. The first kappa shape index (κ1) is 16.4. The molecule has 2 heterocycles. The maximum atomic E-state index is 12.3. The first-order valence-corrected chi connectivity index (χ1v) is 8.46. The Labute approximate surface area is 148 Å². The van der Waals surface area contributed by atoms with Gasteiger partial charge < -0.3 is 5.32 Å². The average Bonchev–Trinajstić information content (AvgIpc) is 3.13. The molecule has 0 saturated carbocycles. The second kappa shape index (κ2) is 7.00. The van der Waals surface area contributed by atoms with E-state index in [2.05, 4.69) is 56.6 Å². The largest absolute Gasteiger partial charge is 0.318 e. The van der Waals surface area contributed by atoms with Gasteiger partial charge in [0.25, 0.3) is 5.91 Å². The van der Waals surface area contributed by atoms with E-state index in [4.69, 9.17) is 0 Å². The minimum atomic E-state index is -0.260. The summed E-state index contributed by atoms with van der Waals surface area (Å²) in [5.41, 5.74) is 3.39. The molecule has 24 heavy (non-hydrogen) atoms. The number of halogens is 1. The quantitative estimate of drug-likeness (QED) is 0.728. The van der Waals surface area contributed by atoms with Gasteiger partial charge >= 0.3 is 0 Å². The first-order valence-electron chi connectivity index (χ1n) is 7.67. The molecule has 3 aromatic rings. The Bertz CT molecular complexity index is 868. The number of aromatic nitrogens is 4. The van der Waals surface area contributed by atoms with E-state index in [1.807, 2.05) is 19.2 Å². The number of nitrogens with zero attached hydrogens (tertiary/aromatic N) is 4. The van der Waals surface area contributed by atoms with Crippen molar-refractivity contribution in [3.05, 3.63) is 64.1 Å². The molecule has 0 aliphatic rings. The van der Waals surface area contributed by atoms with E-state index in [0.717, 1.165) is 0 Å². The lowest BCUT2D eigenvalue weighted by molar-refractivity contribution is 0.102. The van der Waals surface area contributed by atoms with Gasteiger partial charge in [0.15, 0.2) is 5.69 Å². The number of anilines is 1. The third-order valence-corrected chi connectivity index (χ3v) is 4.15. The fourth-order valence-corrected chi connectivity index (χ4v) is 2.91. The van der Waals surface area contributed by atoms with Crippen LogP contribution in [-0.4, -0.2) is 25.5 Å². The van der Waals surface area contributed by atoms with Crippen molar-refractivity contribution < 1.29 is 4.79 Å². The van der Waals surface area contributed by atoms with Crippen molar-refractivity contribution in [3.63, 3.8) is 0 Å². The average molecular weight is 388 g/mol. The van der Waals surface area contributed by atoms with E-state index in [9.17, 15) is 4.79 Å². The molecule has 1 aromatic carbocycles. The van der Waals surface area contributed by atoms with Gasteiger partial charge in [0, 0.05) is 18.9 Å². The number of hydrogen-bond donors (Lipinski definition) is 1. The number of hydrogen-bond acceptors (Lipinski definition) is 3. The Balaban J connectivity index is 1.69. The summed E-state index contributed by atoms with van der Waals surface area (Å²) in [5.74, 6) is -0.260. The highest BCUT2D eigenvalue weighted by atomic mass is 79.9. The van der Waals surface area contributed by atoms with Crippen molar-refractivity contribution in [3.8, 4) is 0 Å². The third kappa shape index (κ3) is 3.73.